The highest BCUT2D eigenvalue weighted by molar-refractivity contribution is 6.30. The molecule has 0 spiro atoms. The van der Waals surface area contributed by atoms with Gasteiger partial charge in [0.25, 0.3) is 0 Å². The highest BCUT2D eigenvalue weighted by atomic mass is 35.5. The van der Waals surface area contributed by atoms with E-state index in [4.69, 9.17) is 21.1 Å². The molecule has 0 saturated heterocycles. The Hall–Kier alpha value is -3.84. The minimum atomic E-state index is -0.370. The molecule has 3 rings (SSSR count). The van der Waals surface area contributed by atoms with Crippen molar-refractivity contribution < 1.29 is 19.1 Å². The van der Waals surface area contributed by atoms with Gasteiger partial charge in [0.15, 0.2) is 11.5 Å². The molecule has 0 fully saturated rings. The quantitative estimate of drug-likeness (QED) is 0.273. The molecule has 0 aromatic heterocycles. The van der Waals surface area contributed by atoms with Gasteiger partial charge in [0.1, 0.15) is 6.61 Å². The van der Waals surface area contributed by atoms with Gasteiger partial charge in [0.2, 0.25) is 11.8 Å². The number of anilines is 1. The Morgan fingerprint density at radius 2 is 1.74 bits per heavy atom. The third kappa shape index (κ3) is 8.79. The number of hydrogen-bond acceptors (Lipinski definition) is 5. The predicted molar refractivity (Wildman–Crippen MR) is 138 cm³/mol. The summed E-state index contributed by atoms with van der Waals surface area (Å²) in [6.45, 7) is 4.84. The zero-order chi connectivity index (χ0) is 25.0. The van der Waals surface area contributed by atoms with Crippen molar-refractivity contribution in [2.24, 2.45) is 5.10 Å². The lowest BCUT2D eigenvalue weighted by Gasteiger charge is -2.13. The Morgan fingerprint density at radius 1 is 0.943 bits per heavy atom. The van der Waals surface area contributed by atoms with Crippen LogP contribution in [0.2, 0.25) is 5.02 Å². The first-order valence-electron chi connectivity index (χ1n) is 11.3. The molecule has 0 aliphatic heterocycles. The molecular formula is C27H28ClN3O4. The Balaban J connectivity index is 1.49. The van der Waals surface area contributed by atoms with E-state index in [-0.39, 0.29) is 24.7 Å². The van der Waals surface area contributed by atoms with Gasteiger partial charge in [-0.3, -0.25) is 9.59 Å². The van der Waals surface area contributed by atoms with Crippen molar-refractivity contribution in [2.45, 2.75) is 33.3 Å². The van der Waals surface area contributed by atoms with Crippen molar-refractivity contribution in [3.8, 4) is 11.5 Å². The van der Waals surface area contributed by atoms with E-state index in [0.29, 0.717) is 35.4 Å². The van der Waals surface area contributed by atoms with Crippen molar-refractivity contribution in [1.29, 1.82) is 0 Å². The monoisotopic (exact) mass is 493 g/mol. The number of carbonyl (C=O) groups excluding carboxylic acids is 2. The van der Waals surface area contributed by atoms with Crippen LogP contribution < -0.4 is 20.2 Å². The van der Waals surface area contributed by atoms with Crippen LogP contribution in [0.25, 0.3) is 0 Å². The first-order chi connectivity index (χ1) is 16.9. The lowest BCUT2D eigenvalue weighted by atomic mass is 10.1. The zero-order valence-electron chi connectivity index (χ0n) is 19.7. The van der Waals surface area contributed by atoms with Crippen LogP contribution in [0, 0.1) is 6.92 Å². The van der Waals surface area contributed by atoms with Gasteiger partial charge in [-0.15, -0.1) is 0 Å². The minimum absolute atomic E-state index is 0.000324. The third-order valence-corrected chi connectivity index (χ3v) is 5.07. The number of aryl methyl sites for hydroxylation is 1. The van der Waals surface area contributed by atoms with E-state index >= 15 is 0 Å². The largest absolute Gasteiger partial charge is 0.490 e. The van der Waals surface area contributed by atoms with Crippen LogP contribution in [-0.4, -0.2) is 24.6 Å². The van der Waals surface area contributed by atoms with Crippen LogP contribution in [0.4, 0.5) is 5.69 Å². The number of benzene rings is 3. The van der Waals surface area contributed by atoms with Crippen molar-refractivity contribution in [3.05, 3.63) is 88.4 Å². The summed E-state index contributed by atoms with van der Waals surface area (Å²) in [5, 5.41) is 7.20. The number of carbonyl (C=O) groups is 2. The molecule has 0 aliphatic rings. The first kappa shape index (κ1) is 25.8. The maximum Gasteiger partial charge on any atom is 0.240 e. The van der Waals surface area contributed by atoms with Gasteiger partial charge in [0, 0.05) is 23.6 Å². The highest BCUT2D eigenvalue weighted by Gasteiger charge is 2.09. The smallest absolute Gasteiger partial charge is 0.240 e. The summed E-state index contributed by atoms with van der Waals surface area (Å²) in [5.41, 5.74) is 5.99. The molecule has 0 aliphatic carbocycles. The van der Waals surface area contributed by atoms with Crippen molar-refractivity contribution in [1.82, 2.24) is 5.43 Å². The number of amides is 2. The molecule has 35 heavy (non-hydrogen) atoms. The molecule has 0 atom stereocenters. The van der Waals surface area contributed by atoms with Gasteiger partial charge in [-0.05, 0) is 61.4 Å². The number of hydrazone groups is 1. The molecule has 0 radical (unpaired) electrons. The van der Waals surface area contributed by atoms with E-state index in [1.54, 1.807) is 30.3 Å². The number of hydrogen-bond donors (Lipinski definition) is 2. The molecular weight excluding hydrogens is 466 g/mol. The molecule has 7 nitrogen and oxygen atoms in total. The number of rotatable bonds is 11. The molecule has 0 bridgehead atoms. The number of nitrogens with one attached hydrogen (secondary N) is 2. The van der Waals surface area contributed by atoms with Crippen molar-refractivity contribution in [2.75, 3.05) is 11.9 Å². The van der Waals surface area contributed by atoms with Crippen molar-refractivity contribution in [3.63, 3.8) is 0 Å². The summed E-state index contributed by atoms with van der Waals surface area (Å²) in [5.74, 6) is 0.563. The Morgan fingerprint density at radius 3 is 2.51 bits per heavy atom. The molecule has 8 heteroatoms. The van der Waals surface area contributed by atoms with Gasteiger partial charge in [-0.25, -0.2) is 5.43 Å². The normalized spacial score (nSPS) is 10.7. The van der Waals surface area contributed by atoms with Crippen molar-refractivity contribution >= 4 is 35.3 Å². The number of ether oxygens (including phenoxy) is 2. The molecule has 0 unspecified atom stereocenters. The average molecular weight is 494 g/mol. The van der Waals surface area contributed by atoms with Crippen LogP contribution >= 0.6 is 11.6 Å². The van der Waals surface area contributed by atoms with E-state index in [1.165, 1.54) is 11.8 Å². The van der Waals surface area contributed by atoms with Gasteiger partial charge < -0.3 is 14.8 Å². The summed E-state index contributed by atoms with van der Waals surface area (Å²) in [4.78, 5) is 24.1. The Labute approximate surface area is 210 Å². The number of nitrogens with zero attached hydrogens (tertiary/aromatic N) is 1. The highest BCUT2D eigenvalue weighted by Crippen LogP contribution is 2.29. The van der Waals surface area contributed by atoms with Crippen LogP contribution in [0.5, 0.6) is 11.5 Å². The Kier molecular flexibility index (Phi) is 9.69. The topological polar surface area (TPSA) is 89.0 Å². The van der Waals surface area contributed by atoms with E-state index < -0.39 is 0 Å². The van der Waals surface area contributed by atoms with E-state index in [1.807, 2.05) is 44.2 Å². The van der Waals surface area contributed by atoms with Crippen LogP contribution in [0.15, 0.2) is 71.8 Å². The maximum atomic E-state index is 12.0. The standard InChI is InChI=1S/C27H28ClN3O4/c1-3-34-25-15-20(10-11-24(25)35-18-21-7-4-6-19(2)14-21)17-29-31-27(33)13-12-26(32)30-23-9-5-8-22(28)16-23/h4-11,14-17H,3,12-13,18H2,1-2H3,(H,30,32)(H,31,33). The third-order valence-electron chi connectivity index (χ3n) is 4.83. The lowest BCUT2D eigenvalue weighted by molar-refractivity contribution is -0.124. The van der Waals surface area contributed by atoms with Gasteiger partial charge >= 0.3 is 0 Å². The molecule has 182 valence electrons. The van der Waals surface area contributed by atoms with Gasteiger partial charge in [-0.1, -0.05) is 47.5 Å². The first-order valence-corrected chi connectivity index (χ1v) is 11.6. The van der Waals surface area contributed by atoms with Crippen LogP contribution in [0.3, 0.4) is 0 Å². The van der Waals surface area contributed by atoms with E-state index in [9.17, 15) is 9.59 Å². The van der Waals surface area contributed by atoms with Crippen LogP contribution in [0.1, 0.15) is 36.5 Å². The summed E-state index contributed by atoms with van der Waals surface area (Å²) in [7, 11) is 0. The molecule has 3 aromatic carbocycles. The zero-order valence-corrected chi connectivity index (χ0v) is 20.5. The molecule has 2 N–H and O–H groups in total. The second-order valence-corrected chi connectivity index (χ2v) is 8.21. The molecule has 3 aromatic rings. The lowest BCUT2D eigenvalue weighted by Crippen LogP contribution is -2.20. The fourth-order valence-electron chi connectivity index (χ4n) is 3.21. The summed E-state index contributed by atoms with van der Waals surface area (Å²) < 4.78 is 11.7. The second-order valence-electron chi connectivity index (χ2n) is 7.77. The molecule has 0 saturated carbocycles. The molecule has 0 heterocycles. The van der Waals surface area contributed by atoms with Gasteiger partial charge in [-0.2, -0.15) is 5.10 Å². The predicted octanol–water partition coefficient (Wildman–Crippen LogP) is 5.50. The summed E-state index contributed by atoms with van der Waals surface area (Å²) >= 11 is 5.90. The molecule has 2 amide bonds. The SMILES string of the molecule is CCOc1cc(C=NNC(=O)CCC(=O)Nc2cccc(Cl)c2)ccc1OCc1cccc(C)c1. The maximum absolute atomic E-state index is 12.0. The number of halogens is 1. The Bertz CT molecular complexity index is 1200. The average Bonchev–Trinajstić information content (AvgIpc) is 2.82. The van der Waals surface area contributed by atoms with E-state index in [0.717, 1.165) is 11.1 Å². The summed E-state index contributed by atoms with van der Waals surface area (Å²) in [6.07, 6.45) is 1.53. The minimum Gasteiger partial charge on any atom is -0.490 e. The van der Waals surface area contributed by atoms with E-state index in [2.05, 4.69) is 21.9 Å². The second kappa shape index (κ2) is 13.2. The summed E-state index contributed by atoms with van der Waals surface area (Å²) in [6, 6.07) is 20.4. The fourth-order valence-corrected chi connectivity index (χ4v) is 3.40. The fraction of sp³-hybridized carbons (Fsp3) is 0.222. The van der Waals surface area contributed by atoms with Gasteiger partial charge in [0.05, 0.1) is 12.8 Å². The van der Waals surface area contributed by atoms with Crippen LogP contribution in [-0.2, 0) is 16.2 Å².